The Labute approximate surface area is 73.6 Å². The summed E-state index contributed by atoms with van der Waals surface area (Å²) in [7, 11) is 0. The van der Waals surface area contributed by atoms with Gasteiger partial charge in [-0.05, 0) is 12.8 Å². The third kappa shape index (κ3) is 3.51. The summed E-state index contributed by atoms with van der Waals surface area (Å²) >= 11 is 0. The van der Waals surface area contributed by atoms with E-state index < -0.39 is 6.04 Å². The second kappa shape index (κ2) is 5.75. The molecule has 0 aliphatic carbocycles. The van der Waals surface area contributed by atoms with Crippen LogP contribution in [0, 0.1) is 16.0 Å². The van der Waals surface area contributed by atoms with Gasteiger partial charge in [-0.15, -0.1) is 0 Å². The largest absolute Gasteiger partial charge is 0.264 e. The van der Waals surface area contributed by atoms with E-state index in [4.69, 9.17) is 0 Å². The van der Waals surface area contributed by atoms with Gasteiger partial charge in [-0.3, -0.25) is 10.1 Å². The van der Waals surface area contributed by atoms with Gasteiger partial charge in [-0.25, -0.2) is 0 Å². The van der Waals surface area contributed by atoms with Crippen molar-refractivity contribution in [3.8, 4) is 0 Å². The summed E-state index contributed by atoms with van der Waals surface area (Å²) in [5.74, 6) is 0.0833. The summed E-state index contributed by atoms with van der Waals surface area (Å²) in [6, 6.07) is -0.460. The van der Waals surface area contributed by atoms with E-state index in [-0.39, 0.29) is 10.8 Å². The summed E-state index contributed by atoms with van der Waals surface area (Å²) in [4.78, 5) is 10.2. The third-order valence-corrected chi connectivity index (χ3v) is 2.04. The van der Waals surface area contributed by atoms with Crippen molar-refractivity contribution in [2.75, 3.05) is 0 Å². The fraction of sp³-hybridized carbons (Fsp3) is 0.778. The van der Waals surface area contributed by atoms with Gasteiger partial charge in [-0.1, -0.05) is 26.0 Å². The molecule has 0 N–H and O–H groups in total. The van der Waals surface area contributed by atoms with E-state index in [2.05, 4.69) is 0 Å². The fourth-order valence-corrected chi connectivity index (χ4v) is 1.11. The van der Waals surface area contributed by atoms with Gasteiger partial charge in [0.2, 0.25) is 6.04 Å². The highest BCUT2D eigenvalue weighted by molar-refractivity contribution is 4.89. The topological polar surface area (TPSA) is 43.1 Å². The molecule has 70 valence electrons. The van der Waals surface area contributed by atoms with Crippen LogP contribution in [0.2, 0.25) is 0 Å². The minimum absolute atomic E-state index is 0.0833. The van der Waals surface area contributed by atoms with Crippen LogP contribution < -0.4 is 0 Å². The Morgan fingerprint density at radius 3 is 2.42 bits per heavy atom. The van der Waals surface area contributed by atoms with Crippen LogP contribution >= 0.6 is 0 Å². The summed E-state index contributed by atoms with van der Waals surface area (Å²) in [5, 5.41) is 10.4. The van der Waals surface area contributed by atoms with Crippen molar-refractivity contribution in [1.29, 1.82) is 0 Å². The van der Waals surface area contributed by atoms with E-state index in [1.165, 1.54) is 0 Å². The Hall–Kier alpha value is -0.860. The van der Waals surface area contributed by atoms with E-state index in [1.807, 2.05) is 26.0 Å². The molecule has 0 fully saturated rings. The first kappa shape index (κ1) is 11.1. The lowest BCUT2D eigenvalue weighted by molar-refractivity contribution is -0.525. The molecule has 0 aliphatic heterocycles. The molecule has 3 heteroatoms. The van der Waals surface area contributed by atoms with Crippen LogP contribution in [0.4, 0.5) is 0 Å². The first-order chi connectivity index (χ1) is 5.63. The number of hydrogen-bond donors (Lipinski definition) is 0. The van der Waals surface area contributed by atoms with E-state index in [0.717, 1.165) is 12.8 Å². The Morgan fingerprint density at radius 2 is 2.08 bits per heavy atom. The standard InChI is InChI=1S/C9H17NO2/c1-4-6-7-9(5-2)8(3)10(11)12/h6-9H,4-5H2,1-3H3/b7-6+/t8-,9-/m0/s1. The number of rotatable bonds is 5. The van der Waals surface area contributed by atoms with Crippen molar-refractivity contribution < 1.29 is 4.92 Å². The third-order valence-electron chi connectivity index (χ3n) is 2.04. The van der Waals surface area contributed by atoms with E-state index in [1.54, 1.807) is 6.92 Å². The lowest BCUT2D eigenvalue weighted by Gasteiger charge is -2.11. The molecule has 0 radical (unpaired) electrons. The summed E-state index contributed by atoms with van der Waals surface area (Å²) in [5.41, 5.74) is 0. The van der Waals surface area contributed by atoms with Crippen LogP contribution in [0.5, 0.6) is 0 Å². The molecule has 0 spiro atoms. The van der Waals surface area contributed by atoms with Gasteiger partial charge in [0.05, 0.1) is 0 Å². The average Bonchev–Trinajstić information content (AvgIpc) is 2.05. The molecule has 0 aromatic heterocycles. The second-order valence-electron chi connectivity index (χ2n) is 2.93. The van der Waals surface area contributed by atoms with Crippen LogP contribution in [-0.4, -0.2) is 11.0 Å². The molecular formula is C9H17NO2. The van der Waals surface area contributed by atoms with Gasteiger partial charge in [-0.2, -0.15) is 0 Å². The SMILES string of the molecule is CC/C=C/[C@H](CC)[C@H](C)[N+](=O)[O-]. The summed E-state index contributed by atoms with van der Waals surface area (Å²) in [6.45, 7) is 5.67. The molecule has 0 aliphatic rings. The number of nitrogens with zero attached hydrogens (tertiary/aromatic N) is 1. The van der Waals surface area contributed by atoms with E-state index >= 15 is 0 Å². The molecule has 12 heavy (non-hydrogen) atoms. The van der Waals surface area contributed by atoms with Crippen LogP contribution in [0.1, 0.15) is 33.6 Å². The van der Waals surface area contributed by atoms with Crippen LogP contribution in [0.15, 0.2) is 12.2 Å². The molecule has 0 bridgehead atoms. The number of allylic oxidation sites excluding steroid dienone is 1. The Bertz CT molecular complexity index is 166. The minimum Gasteiger partial charge on any atom is -0.264 e. The Morgan fingerprint density at radius 1 is 1.50 bits per heavy atom. The zero-order valence-corrected chi connectivity index (χ0v) is 7.99. The van der Waals surface area contributed by atoms with Crippen molar-refractivity contribution in [1.82, 2.24) is 0 Å². The lowest BCUT2D eigenvalue weighted by atomic mass is 9.98. The molecule has 3 nitrogen and oxygen atoms in total. The summed E-state index contributed by atoms with van der Waals surface area (Å²) in [6.07, 6.45) is 5.72. The van der Waals surface area contributed by atoms with Crippen LogP contribution in [0.3, 0.4) is 0 Å². The van der Waals surface area contributed by atoms with Crippen molar-refractivity contribution >= 4 is 0 Å². The van der Waals surface area contributed by atoms with Crippen molar-refractivity contribution in [2.24, 2.45) is 5.92 Å². The van der Waals surface area contributed by atoms with Crippen LogP contribution in [0.25, 0.3) is 0 Å². The maximum Gasteiger partial charge on any atom is 0.216 e. The van der Waals surface area contributed by atoms with Gasteiger partial charge >= 0.3 is 0 Å². The normalized spacial score (nSPS) is 16.2. The van der Waals surface area contributed by atoms with Crippen molar-refractivity contribution in [3.63, 3.8) is 0 Å². The minimum atomic E-state index is -0.460. The predicted molar refractivity (Wildman–Crippen MR) is 49.7 cm³/mol. The molecule has 0 heterocycles. The second-order valence-corrected chi connectivity index (χ2v) is 2.93. The fourth-order valence-electron chi connectivity index (χ4n) is 1.11. The smallest absolute Gasteiger partial charge is 0.216 e. The average molecular weight is 171 g/mol. The zero-order valence-electron chi connectivity index (χ0n) is 7.99. The van der Waals surface area contributed by atoms with Gasteiger partial charge in [0, 0.05) is 17.8 Å². The highest BCUT2D eigenvalue weighted by Gasteiger charge is 2.21. The molecule has 0 aromatic rings. The zero-order chi connectivity index (χ0) is 9.56. The molecule has 0 rings (SSSR count). The van der Waals surface area contributed by atoms with Crippen LogP contribution in [-0.2, 0) is 0 Å². The number of nitro groups is 1. The quantitative estimate of drug-likeness (QED) is 0.362. The molecular weight excluding hydrogens is 154 g/mol. The van der Waals surface area contributed by atoms with Gasteiger partial charge < -0.3 is 0 Å². The maximum absolute atomic E-state index is 10.4. The first-order valence-corrected chi connectivity index (χ1v) is 4.43. The van der Waals surface area contributed by atoms with E-state index in [0.29, 0.717) is 0 Å². The highest BCUT2D eigenvalue weighted by Crippen LogP contribution is 2.13. The summed E-state index contributed by atoms with van der Waals surface area (Å²) < 4.78 is 0. The van der Waals surface area contributed by atoms with Crippen molar-refractivity contribution in [2.45, 2.75) is 39.7 Å². The van der Waals surface area contributed by atoms with Gasteiger partial charge in [0.25, 0.3) is 0 Å². The molecule has 0 aromatic carbocycles. The van der Waals surface area contributed by atoms with E-state index in [9.17, 15) is 10.1 Å². The monoisotopic (exact) mass is 171 g/mol. The molecule has 0 saturated heterocycles. The maximum atomic E-state index is 10.4. The lowest BCUT2D eigenvalue weighted by Crippen LogP contribution is -2.23. The molecule has 0 saturated carbocycles. The Balaban J connectivity index is 4.14. The number of hydrogen-bond acceptors (Lipinski definition) is 2. The Kier molecular flexibility index (Phi) is 5.34. The predicted octanol–water partition coefficient (Wildman–Crippen LogP) is 2.64. The van der Waals surface area contributed by atoms with Gasteiger partial charge in [0.15, 0.2) is 0 Å². The van der Waals surface area contributed by atoms with Gasteiger partial charge in [0.1, 0.15) is 0 Å². The molecule has 2 atom stereocenters. The van der Waals surface area contributed by atoms with Crippen molar-refractivity contribution in [3.05, 3.63) is 22.3 Å². The molecule has 0 amide bonds. The first-order valence-electron chi connectivity index (χ1n) is 4.43. The highest BCUT2D eigenvalue weighted by atomic mass is 16.6. The molecule has 0 unspecified atom stereocenters.